The van der Waals surface area contributed by atoms with Gasteiger partial charge >= 0.3 is 67.5 Å². The molecule has 0 N–H and O–H groups in total. The first-order valence-electron chi connectivity index (χ1n) is 0.289. The van der Waals surface area contributed by atoms with E-state index >= 15 is 0 Å². The molecular formula is H9AlBGaInOZn. The Morgan fingerprint density at radius 1 is 1.17 bits per heavy atom. The third-order valence-corrected chi connectivity index (χ3v) is 0. The van der Waals surface area contributed by atoms with Crippen molar-refractivity contribution in [3.05, 3.63) is 0 Å². The van der Waals surface area contributed by atoms with Crippen LogP contribution in [0.1, 0.15) is 0 Å². The van der Waals surface area contributed by atoms with Crippen molar-refractivity contribution in [2.75, 3.05) is 0 Å². The first kappa shape index (κ1) is 38.8. The summed E-state index contributed by atoms with van der Waals surface area (Å²) in [5.41, 5.74) is 0. The van der Waals surface area contributed by atoms with Crippen LogP contribution in [0.15, 0.2) is 0 Å². The Hall–Kier alpha value is 2.53. The maximum atomic E-state index is 8.38. The number of hydrogen-bond acceptors (Lipinski definition) is 1. The average Bonchev–Trinajstić information content (AvgIpc) is 1.00. The molecule has 0 unspecified atom stereocenters. The van der Waals surface area contributed by atoms with Crippen LogP contribution in [-0.4, -0.2) is 71.4 Å². The van der Waals surface area contributed by atoms with Crippen LogP contribution < -0.4 is 0 Å². The van der Waals surface area contributed by atoms with Gasteiger partial charge in [0.05, 0.1) is 0 Å². The molecule has 0 fully saturated rings. The molecule has 0 aromatic carbocycles. The molecule has 0 aromatic heterocycles. The van der Waals surface area contributed by atoms with E-state index in [2.05, 4.69) is 0 Å². The van der Waals surface area contributed by atoms with Gasteiger partial charge in [0, 0.05) is 8.41 Å². The fourth-order valence-corrected chi connectivity index (χ4v) is 0. The maximum absolute atomic E-state index is 8.38. The quantitative estimate of drug-likeness (QED) is 0.416. The fourth-order valence-electron chi connectivity index (χ4n) is 0. The van der Waals surface area contributed by atoms with Gasteiger partial charge in [-0.3, -0.25) is 0 Å². The van der Waals surface area contributed by atoms with Gasteiger partial charge in [-0.1, -0.05) is 0 Å². The molecule has 0 amide bonds. The molecule has 0 bridgehead atoms. The molecule has 6 heteroatoms. The first-order valence-corrected chi connectivity index (χ1v) is 1.50. The van der Waals surface area contributed by atoms with E-state index in [1.807, 2.05) is 0 Å². The van der Waals surface area contributed by atoms with Crippen LogP contribution in [0.2, 0.25) is 0 Å². The second-order valence-electron chi connectivity index (χ2n) is 0. The van der Waals surface area contributed by atoms with Crippen molar-refractivity contribution in [2.24, 2.45) is 0 Å². The molecule has 0 aromatic rings. The van der Waals surface area contributed by atoms with E-state index in [9.17, 15) is 0 Å². The topological polar surface area (TPSA) is 17.1 Å². The molecule has 0 atom stereocenters. The zero-order valence-corrected chi connectivity index (χ0v) is 4.66. The molecule has 0 spiro atoms. The second-order valence-corrected chi connectivity index (χ2v) is 0. The van der Waals surface area contributed by atoms with Crippen molar-refractivity contribution in [3.63, 3.8) is 0 Å². The molecule has 29 valence electrons. The number of hydrogen-bond donors (Lipinski definition) is 0. The van der Waals surface area contributed by atoms with Gasteiger partial charge in [-0.2, -0.15) is 0 Å². The van der Waals surface area contributed by atoms with Crippen LogP contribution in [0.3, 0.4) is 0 Å². The molecular weight excluding hydrogens is 304 g/mol. The zero-order chi connectivity index (χ0) is 2.00. The third kappa shape index (κ3) is 31.2. The van der Waals surface area contributed by atoms with Gasteiger partial charge in [0.2, 0.25) is 0 Å². The van der Waals surface area contributed by atoms with Crippen molar-refractivity contribution in [1.82, 2.24) is 0 Å². The van der Waals surface area contributed by atoms with Crippen LogP contribution in [0, 0.1) is 0 Å². The van der Waals surface area contributed by atoms with Crippen LogP contribution in [0.5, 0.6) is 0 Å². The summed E-state index contributed by atoms with van der Waals surface area (Å²) in [7, 11) is 0. The summed E-state index contributed by atoms with van der Waals surface area (Å²) >= 11 is 0.125. The van der Waals surface area contributed by atoms with Gasteiger partial charge in [-0.25, -0.2) is 0 Å². The van der Waals surface area contributed by atoms with Crippen LogP contribution in [0.4, 0.5) is 0 Å². The molecule has 0 saturated heterocycles. The Labute approximate surface area is 91.9 Å². The van der Waals surface area contributed by atoms with E-state index in [1.165, 1.54) is 0 Å². The van der Waals surface area contributed by atoms with Gasteiger partial charge in [0.25, 0.3) is 0 Å². The van der Waals surface area contributed by atoms with Crippen LogP contribution in [-0.2, 0) is 21.8 Å². The van der Waals surface area contributed by atoms with Gasteiger partial charge in [-0.15, -0.1) is 0 Å². The van der Waals surface area contributed by atoms with Crippen molar-refractivity contribution < 1.29 is 21.8 Å². The molecule has 0 aliphatic rings. The van der Waals surface area contributed by atoms with Crippen LogP contribution in [0.25, 0.3) is 0 Å². The van der Waals surface area contributed by atoms with Crippen LogP contribution >= 0.6 is 0 Å². The SMILES string of the molecule is [AlH3].[B].[GaH3].[InH3].[O]=[Zn]. The Morgan fingerprint density at radius 3 is 1.17 bits per heavy atom. The molecule has 1 nitrogen and oxygen atoms in total. The van der Waals surface area contributed by atoms with Crippen molar-refractivity contribution >= 4 is 71.4 Å². The minimum absolute atomic E-state index is 0. The third-order valence-electron chi connectivity index (χ3n) is 0. The number of rotatable bonds is 0. The Morgan fingerprint density at radius 2 is 1.17 bits per heavy atom. The van der Waals surface area contributed by atoms with Gasteiger partial charge in [0.15, 0.2) is 17.4 Å². The summed E-state index contributed by atoms with van der Waals surface area (Å²) < 4.78 is 8.38. The minimum atomic E-state index is 0. The fraction of sp³-hybridized carbons (Fsp3) is 0. The Kier molecular flexibility index (Phi) is 325. The van der Waals surface area contributed by atoms with E-state index in [0.717, 1.165) is 0 Å². The molecule has 3 radical (unpaired) electrons. The van der Waals surface area contributed by atoms with Crippen molar-refractivity contribution in [3.8, 4) is 0 Å². The second kappa shape index (κ2) is 50.2. The van der Waals surface area contributed by atoms with Crippen molar-refractivity contribution in [2.45, 2.75) is 0 Å². The van der Waals surface area contributed by atoms with Gasteiger partial charge in [-0.05, 0) is 0 Å². The van der Waals surface area contributed by atoms with Gasteiger partial charge in [0.1, 0.15) is 0 Å². The summed E-state index contributed by atoms with van der Waals surface area (Å²) in [5, 5.41) is 0. The summed E-state index contributed by atoms with van der Waals surface area (Å²) in [6, 6.07) is 0. The summed E-state index contributed by atoms with van der Waals surface area (Å²) in [4.78, 5) is 0. The molecule has 6 heavy (non-hydrogen) atoms. The van der Waals surface area contributed by atoms with E-state index in [4.69, 9.17) is 3.57 Å². The summed E-state index contributed by atoms with van der Waals surface area (Å²) in [6.07, 6.45) is 0. The molecule has 0 aliphatic carbocycles. The Balaban J connectivity index is -0.000000000833. The zero-order valence-electron chi connectivity index (χ0n) is 1.69. The predicted octanol–water partition coefficient (Wildman–Crippen LogP) is -4.05. The standard InChI is InChI=1S/Al.B.Ga.In.O.Zn.9H. The molecule has 0 rings (SSSR count). The van der Waals surface area contributed by atoms with Crippen molar-refractivity contribution in [1.29, 1.82) is 0 Å². The Bertz CT molecular complexity index is 15.5. The summed E-state index contributed by atoms with van der Waals surface area (Å²) in [6.45, 7) is 0. The van der Waals surface area contributed by atoms with E-state index < -0.39 is 0 Å². The normalized spacial score (nSPS) is 1.00. The van der Waals surface area contributed by atoms with E-state index in [0.29, 0.717) is 0 Å². The predicted molar refractivity (Wildman–Crippen MR) is 36.3 cm³/mol. The average molecular weight is 313 g/mol. The molecule has 0 aliphatic heterocycles. The first-order chi connectivity index (χ1) is 1.00. The van der Waals surface area contributed by atoms with E-state index in [1.54, 1.807) is 0 Å². The molecule has 0 heterocycles. The molecule has 0 saturated carbocycles. The summed E-state index contributed by atoms with van der Waals surface area (Å²) in [5.74, 6) is 0. The van der Waals surface area contributed by atoms with E-state index in [-0.39, 0.29) is 89.7 Å². The van der Waals surface area contributed by atoms with Gasteiger partial charge < -0.3 is 0 Å². The monoisotopic (exact) mass is 311 g/mol.